The first-order valence-electron chi connectivity index (χ1n) is 4.41. The van der Waals surface area contributed by atoms with E-state index in [1.807, 2.05) is 18.2 Å². The Hall–Kier alpha value is -0.290. The van der Waals surface area contributed by atoms with Gasteiger partial charge in [0.05, 0.1) is 6.04 Å². The highest BCUT2D eigenvalue weighted by Crippen LogP contribution is 2.30. The van der Waals surface area contributed by atoms with Gasteiger partial charge in [-0.3, -0.25) is 4.79 Å². The summed E-state index contributed by atoms with van der Waals surface area (Å²) in [6.45, 7) is 0. The summed E-state index contributed by atoms with van der Waals surface area (Å²) in [7, 11) is 0. The van der Waals surface area contributed by atoms with Crippen molar-refractivity contribution < 1.29 is 4.79 Å². The van der Waals surface area contributed by atoms with Crippen molar-refractivity contribution in [2.24, 2.45) is 0 Å². The molecule has 1 amide bonds. The summed E-state index contributed by atoms with van der Waals surface area (Å²) in [4.78, 5) is 11.0. The third kappa shape index (κ3) is 2.03. The van der Waals surface area contributed by atoms with Crippen LogP contribution in [-0.2, 0) is 4.79 Å². The van der Waals surface area contributed by atoms with Gasteiger partial charge in [0.25, 0.3) is 0 Å². The van der Waals surface area contributed by atoms with Crippen LogP contribution in [0.5, 0.6) is 0 Å². The van der Waals surface area contributed by atoms with Gasteiger partial charge < -0.3 is 5.32 Å². The molecule has 74 valence electrons. The molecular weight excluding hydrogens is 312 g/mol. The van der Waals surface area contributed by atoms with Crippen LogP contribution in [0, 0.1) is 3.57 Å². The predicted molar refractivity (Wildman–Crippen MR) is 64.3 cm³/mol. The van der Waals surface area contributed by atoms with Gasteiger partial charge in [-0.05, 0) is 46.7 Å². The zero-order valence-electron chi connectivity index (χ0n) is 7.39. The second kappa shape index (κ2) is 4.06. The fourth-order valence-electron chi connectivity index (χ4n) is 1.63. The smallest absolute Gasteiger partial charge is 0.220 e. The number of hydrogen-bond acceptors (Lipinski definition) is 1. The van der Waals surface area contributed by atoms with E-state index < -0.39 is 0 Å². The predicted octanol–water partition coefficient (Wildman–Crippen LogP) is 2.90. The molecule has 1 fully saturated rings. The Morgan fingerprint density at radius 1 is 1.50 bits per heavy atom. The van der Waals surface area contributed by atoms with Crippen LogP contribution in [0.25, 0.3) is 0 Å². The minimum Gasteiger partial charge on any atom is -0.349 e. The van der Waals surface area contributed by atoms with Gasteiger partial charge in [0.2, 0.25) is 5.91 Å². The Balaban J connectivity index is 2.28. The Kier molecular flexibility index (Phi) is 2.97. The van der Waals surface area contributed by atoms with E-state index in [1.54, 1.807) is 0 Å². The molecule has 0 saturated carbocycles. The van der Waals surface area contributed by atoms with Crippen molar-refractivity contribution in [1.29, 1.82) is 0 Å². The molecule has 1 saturated heterocycles. The molecule has 1 aromatic carbocycles. The van der Waals surface area contributed by atoms with Crippen molar-refractivity contribution in [3.63, 3.8) is 0 Å². The molecule has 0 radical (unpaired) electrons. The number of nitrogens with one attached hydrogen (secondary N) is 1. The minimum absolute atomic E-state index is 0.104. The number of rotatable bonds is 1. The van der Waals surface area contributed by atoms with Gasteiger partial charge in [-0.25, -0.2) is 0 Å². The highest BCUT2D eigenvalue weighted by molar-refractivity contribution is 14.1. The molecule has 1 heterocycles. The Morgan fingerprint density at radius 3 is 2.86 bits per heavy atom. The Labute approximate surface area is 101 Å². The Bertz CT molecular complexity index is 380. The molecule has 0 bridgehead atoms. The molecule has 1 unspecified atom stereocenters. The number of carbonyl (C=O) groups is 1. The number of halogens is 2. The first-order chi connectivity index (χ1) is 6.66. The molecule has 0 spiro atoms. The monoisotopic (exact) mass is 321 g/mol. The molecule has 0 aliphatic carbocycles. The number of benzene rings is 1. The van der Waals surface area contributed by atoms with Gasteiger partial charge in [-0.1, -0.05) is 17.7 Å². The van der Waals surface area contributed by atoms with E-state index in [2.05, 4.69) is 27.9 Å². The summed E-state index contributed by atoms with van der Waals surface area (Å²) in [5.74, 6) is 0.115. The SMILES string of the molecule is O=C1CCC(c2ccc(I)cc2Cl)N1. The standard InChI is InChI=1S/C10H9ClINO/c11-8-5-6(12)1-2-7(8)9-3-4-10(14)13-9/h1-2,5,9H,3-4H2,(H,13,14). The first-order valence-corrected chi connectivity index (χ1v) is 5.87. The van der Waals surface area contributed by atoms with E-state index in [-0.39, 0.29) is 11.9 Å². The van der Waals surface area contributed by atoms with Crippen LogP contribution in [0.4, 0.5) is 0 Å². The van der Waals surface area contributed by atoms with Crippen LogP contribution < -0.4 is 5.32 Å². The lowest BCUT2D eigenvalue weighted by atomic mass is 10.1. The average Bonchev–Trinajstić information content (AvgIpc) is 2.51. The molecule has 1 aromatic rings. The van der Waals surface area contributed by atoms with E-state index in [0.717, 1.165) is 20.6 Å². The maximum atomic E-state index is 11.0. The van der Waals surface area contributed by atoms with Gasteiger partial charge >= 0.3 is 0 Å². The second-order valence-corrected chi connectivity index (χ2v) is 4.98. The third-order valence-electron chi connectivity index (χ3n) is 2.33. The van der Waals surface area contributed by atoms with Crippen LogP contribution in [0.1, 0.15) is 24.4 Å². The maximum absolute atomic E-state index is 11.0. The quantitative estimate of drug-likeness (QED) is 0.792. The lowest BCUT2D eigenvalue weighted by Crippen LogP contribution is -2.18. The molecular formula is C10H9ClINO. The highest BCUT2D eigenvalue weighted by atomic mass is 127. The lowest BCUT2D eigenvalue weighted by Gasteiger charge is -2.12. The molecule has 1 aliphatic heterocycles. The van der Waals surface area contributed by atoms with Crippen molar-refractivity contribution in [2.45, 2.75) is 18.9 Å². The van der Waals surface area contributed by atoms with Crippen molar-refractivity contribution in [1.82, 2.24) is 5.32 Å². The van der Waals surface area contributed by atoms with E-state index in [9.17, 15) is 4.79 Å². The van der Waals surface area contributed by atoms with E-state index in [1.165, 1.54) is 0 Å². The van der Waals surface area contributed by atoms with E-state index >= 15 is 0 Å². The molecule has 4 heteroatoms. The summed E-state index contributed by atoms with van der Waals surface area (Å²) in [6.07, 6.45) is 1.45. The fraction of sp³-hybridized carbons (Fsp3) is 0.300. The van der Waals surface area contributed by atoms with E-state index in [4.69, 9.17) is 11.6 Å². The maximum Gasteiger partial charge on any atom is 0.220 e. The fourth-order valence-corrected chi connectivity index (χ4v) is 2.62. The largest absolute Gasteiger partial charge is 0.349 e. The van der Waals surface area contributed by atoms with Crippen molar-refractivity contribution >= 4 is 40.1 Å². The molecule has 0 aromatic heterocycles. The summed E-state index contributed by atoms with van der Waals surface area (Å²) in [5.41, 5.74) is 1.03. The minimum atomic E-state index is 0.104. The van der Waals surface area contributed by atoms with Crippen LogP contribution in [0.2, 0.25) is 5.02 Å². The summed E-state index contributed by atoms with van der Waals surface area (Å²) >= 11 is 8.32. The van der Waals surface area contributed by atoms with Crippen molar-refractivity contribution in [2.75, 3.05) is 0 Å². The average molecular weight is 322 g/mol. The van der Waals surface area contributed by atoms with Gasteiger partial charge in [0.1, 0.15) is 0 Å². The summed E-state index contributed by atoms with van der Waals surface area (Å²) < 4.78 is 1.11. The van der Waals surface area contributed by atoms with Gasteiger partial charge in [-0.2, -0.15) is 0 Å². The molecule has 1 aliphatic rings. The number of hydrogen-bond donors (Lipinski definition) is 1. The second-order valence-electron chi connectivity index (χ2n) is 3.32. The molecule has 1 N–H and O–H groups in total. The van der Waals surface area contributed by atoms with Gasteiger partial charge in [-0.15, -0.1) is 0 Å². The van der Waals surface area contributed by atoms with Gasteiger partial charge in [0.15, 0.2) is 0 Å². The molecule has 1 atom stereocenters. The number of carbonyl (C=O) groups excluding carboxylic acids is 1. The Morgan fingerprint density at radius 2 is 2.29 bits per heavy atom. The van der Waals surface area contributed by atoms with Gasteiger partial charge in [0, 0.05) is 15.0 Å². The first kappa shape index (κ1) is 10.2. The van der Waals surface area contributed by atoms with Crippen molar-refractivity contribution in [3.05, 3.63) is 32.4 Å². The van der Waals surface area contributed by atoms with Crippen molar-refractivity contribution in [3.8, 4) is 0 Å². The van der Waals surface area contributed by atoms with Crippen LogP contribution >= 0.6 is 34.2 Å². The zero-order chi connectivity index (χ0) is 10.1. The highest BCUT2D eigenvalue weighted by Gasteiger charge is 2.23. The lowest BCUT2D eigenvalue weighted by molar-refractivity contribution is -0.119. The van der Waals surface area contributed by atoms with Crippen LogP contribution in [0.15, 0.2) is 18.2 Å². The molecule has 14 heavy (non-hydrogen) atoms. The van der Waals surface area contributed by atoms with E-state index in [0.29, 0.717) is 6.42 Å². The molecule has 2 rings (SSSR count). The normalized spacial score (nSPS) is 21.0. The molecule has 2 nitrogen and oxygen atoms in total. The summed E-state index contributed by atoms with van der Waals surface area (Å²) in [6, 6.07) is 6.01. The van der Waals surface area contributed by atoms with Crippen LogP contribution in [0.3, 0.4) is 0 Å². The van der Waals surface area contributed by atoms with Crippen LogP contribution in [-0.4, -0.2) is 5.91 Å². The third-order valence-corrected chi connectivity index (χ3v) is 3.33. The number of amides is 1. The summed E-state index contributed by atoms with van der Waals surface area (Å²) in [5, 5.41) is 3.64. The topological polar surface area (TPSA) is 29.1 Å². The zero-order valence-corrected chi connectivity index (χ0v) is 10.3.